The number of hydrogen-bond acceptors (Lipinski definition) is 4. The molecule has 0 aromatic carbocycles. The van der Waals surface area contributed by atoms with Crippen LogP contribution in [0.25, 0.3) is 0 Å². The highest BCUT2D eigenvalue weighted by Gasteiger charge is 2.13. The molecule has 0 spiro atoms. The monoisotopic (exact) mass is 230 g/mol. The Kier molecular flexibility index (Phi) is 6.83. The topological polar surface area (TPSA) is 52.6 Å². The summed E-state index contributed by atoms with van der Waals surface area (Å²) < 4.78 is 21.7. The minimum absolute atomic E-state index is 0.258. The van der Waals surface area contributed by atoms with Crippen LogP contribution in [0, 0.1) is 5.92 Å². The highest BCUT2D eigenvalue weighted by Crippen LogP contribution is 2.10. The van der Waals surface area contributed by atoms with Gasteiger partial charge in [0.05, 0.1) is 19.3 Å². The standard InChI is InChI=1S/C11H15FO4/c1-4-16-11(14)9(12)7-5-6-8(2)10(13)15-3/h4,7-8H,1,5-6H2,2-3H3/b9-7+/t8-/m0/s1. The van der Waals surface area contributed by atoms with E-state index in [0.29, 0.717) is 6.42 Å². The molecule has 0 unspecified atom stereocenters. The van der Waals surface area contributed by atoms with E-state index < -0.39 is 11.8 Å². The number of hydrogen-bond donors (Lipinski definition) is 0. The van der Waals surface area contributed by atoms with E-state index in [0.717, 1.165) is 12.3 Å². The molecule has 0 saturated carbocycles. The third-order valence-electron chi connectivity index (χ3n) is 1.91. The molecule has 0 aromatic rings. The van der Waals surface area contributed by atoms with Crippen molar-refractivity contribution in [2.45, 2.75) is 19.8 Å². The van der Waals surface area contributed by atoms with Gasteiger partial charge in [-0.2, -0.15) is 4.39 Å². The summed E-state index contributed by atoms with van der Waals surface area (Å²) >= 11 is 0. The van der Waals surface area contributed by atoms with Gasteiger partial charge >= 0.3 is 11.9 Å². The van der Waals surface area contributed by atoms with Crippen LogP contribution in [-0.4, -0.2) is 19.0 Å². The summed E-state index contributed by atoms with van der Waals surface area (Å²) in [5.41, 5.74) is 0. The highest BCUT2D eigenvalue weighted by atomic mass is 19.1. The fraction of sp³-hybridized carbons (Fsp3) is 0.455. The first-order chi connectivity index (χ1) is 7.52. The summed E-state index contributed by atoms with van der Waals surface area (Å²) in [7, 11) is 1.29. The van der Waals surface area contributed by atoms with Gasteiger partial charge in [-0.1, -0.05) is 13.5 Å². The van der Waals surface area contributed by atoms with Gasteiger partial charge in [-0.25, -0.2) is 4.79 Å². The maximum atomic E-state index is 12.9. The first kappa shape index (κ1) is 14.3. The van der Waals surface area contributed by atoms with Crippen molar-refractivity contribution in [2.75, 3.05) is 7.11 Å². The highest BCUT2D eigenvalue weighted by molar-refractivity contribution is 5.86. The third kappa shape index (κ3) is 5.29. The van der Waals surface area contributed by atoms with E-state index in [2.05, 4.69) is 16.1 Å². The SMILES string of the molecule is C=COC(=O)/C(F)=C\CC[C@H](C)C(=O)OC. The van der Waals surface area contributed by atoms with Crippen molar-refractivity contribution in [2.24, 2.45) is 5.92 Å². The molecule has 4 nitrogen and oxygen atoms in total. The number of ether oxygens (including phenoxy) is 2. The van der Waals surface area contributed by atoms with E-state index >= 15 is 0 Å². The van der Waals surface area contributed by atoms with Gasteiger partial charge in [0.15, 0.2) is 0 Å². The Labute approximate surface area is 93.7 Å². The number of methoxy groups -OCH3 is 1. The number of esters is 2. The Morgan fingerprint density at radius 1 is 1.50 bits per heavy atom. The minimum atomic E-state index is -1.08. The quantitative estimate of drug-likeness (QED) is 0.398. The van der Waals surface area contributed by atoms with E-state index in [-0.39, 0.29) is 18.3 Å². The molecule has 16 heavy (non-hydrogen) atoms. The molecule has 0 aliphatic carbocycles. The Balaban J connectivity index is 4.04. The Bertz CT molecular complexity index is 296. The molecule has 0 fully saturated rings. The van der Waals surface area contributed by atoms with E-state index in [1.165, 1.54) is 7.11 Å². The zero-order valence-electron chi connectivity index (χ0n) is 9.36. The molecule has 0 aliphatic rings. The second-order valence-electron chi connectivity index (χ2n) is 3.13. The third-order valence-corrected chi connectivity index (χ3v) is 1.91. The van der Waals surface area contributed by atoms with E-state index in [4.69, 9.17) is 0 Å². The summed E-state index contributed by atoms with van der Waals surface area (Å²) in [5.74, 6) is -2.76. The molecule has 0 bridgehead atoms. The fourth-order valence-corrected chi connectivity index (χ4v) is 0.994. The maximum Gasteiger partial charge on any atom is 0.371 e. The predicted octanol–water partition coefficient (Wildman–Crippen LogP) is 2.12. The van der Waals surface area contributed by atoms with Crippen molar-refractivity contribution in [1.82, 2.24) is 0 Å². The van der Waals surface area contributed by atoms with Gasteiger partial charge in [0.1, 0.15) is 0 Å². The van der Waals surface area contributed by atoms with Gasteiger partial charge in [0.2, 0.25) is 5.83 Å². The molecule has 0 heterocycles. The fourth-order valence-electron chi connectivity index (χ4n) is 0.994. The van der Waals surface area contributed by atoms with Crippen molar-refractivity contribution >= 4 is 11.9 Å². The average Bonchev–Trinajstić information content (AvgIpc) is 2.27. The van der Waals surface area contributed by atoms with Crippen molar-refractivity contribution in [1.29, 1.82) is 0 Å². The van der Waals surface area contributed by atoms with Gasteiger partial charge in [0, 0.05) is 0 Å². The summed E-state index contributed by atoms with van der Waals surface area (Å²) in [4.78, 5) is 21.8. The van der Waals surface area contributed by atoms with Crippen LogP contribution < -0.4 is 0 Å². The van der Waals surface area contributed by atoms with Gasteiger partial charge in [-0.15, -0.1) is 0 Å². The molecule has 1 atom stereocenters. The number of halogens is 1. The van der Waals surface area contributed by atoms with Crippen LogP contribution in [0.4, 0.5) is 4.39 Å². The molecule has 0 rings (SSSR count). The molecule has 0 amide bonds. The van der Waals surface area contributed by atoms with Crippen LogP contribution in [0.2, 0.25) is 0 Å². The smallest absolute Gasteiger partial charge is 0.371 e. The summed E-state index contributed by atoms with van der Waals surface area (Å²) in [6.45, 7) is 4.79. The van der Waals surface area contributed by atoms with Crippen LogP contribution in [0.3, 0.4) is 0 Å². The molecule has 0 N–H and O–H groups in total. The largest absolute Gasteiger partial charge is 0.469 e. The van der Waals surface area contributed by atoms with Crippen molar-refractivity contribution in [3.63, 3.8) is 0 Å². The van der Waals surface area contributed by atoms with Crippen molar-refractivity contribution in [3.8, 4) is 0 Å². The zero-order valence-corrected chi connectivity index (χ0v) is 9.36. The molecule has 5 heteroatoms. The van der Waals surface area contributed by atoms with Crippen LogP contribution in [0.15, 0.2) is 24.7 Å². The predicted molar refractivity (Wildman–Crippen MR) is 55.9 cm³/mol. The van der Waals surface area contributed by atoms with Crippen molar-refractivity contribution < 1.29 is 23.5 Å². The Morgan fingerprint density at radius 2 is 2.12 bits per heavy atom. The van der Waals surface area contributed by atoms with E-state index in [9.17, 15) is 14.0 Å². The lowest BCUT2D eigenvalue weighted by molar-refractivity contribution is -0.145. The van der Waals surface area contributed by atoms with Crippen LogP contribution in [-0.2, 0) is 19.1 Å². The minimum Gasteiger partial charge on any atom is -0.469 e. The van der Waals surface area contributed by atoms with Crippen LogP contribution >= 0.6 is 0 Å². The molecular formula is C11H15FO4. The Hall–Kier alpha value is -1.65. The first-order valence-electron chi connectivity index (χ1n) is 4.78. The zero-order chi connectivity index (χ0) is 12.6. The maximum absolute atomic E-state index is 12.9. The van der Waals surface area contributed by atoms with Crippen molar-refractivity contribution in [3.05, 3.63) is 24.7 Å². The molecule has 0 aliphatic heterocycles. The summed E-state index contributed by atoms with van der Waals surface area (Å²) in [6, 6.07) is 0. The average molecular weight is 230 g/mol. The number of carbonyl (C=O) groups excluding carboxylic acids is 2. The van der Waals surface area contributed by atoms with E-state index in [1.807, 2.05) is 0 Å². The van der Waals surface area contributed by atoms with E-state index in [1.54, 1.807) is 6.92 Å². The number of rotatable bonds is 6. The lowest BCUT2D eigenvalue weighted by atomic mass is 10.1. The normalized spacial score (nSPS) is 12.8. The lowest BCUT2D eigenvalue weighted by Crippen LogP contribution is -2.12. The van der Waals surface area contributed by atoms with Crippen LogP contribution in [0.5, 0.6) is 0 Å². The van der Waals surface area contributed by atoms with Gasteiger partial charge < -0.3 is 9.47 Å². The van der Waals surface area contributed by atoms with Crippen LogP contribution in [0.1, 0.15) is 19.8 Å². The Morgan fingerprint density at radius 3 is 2.62 bits per heavy atom. The second-order valence-corrected chi connectivity index (χ2v) is 3.13. The first-order valence-corrected chi connectivity index (χ1v) is 4.78. The summed E-state index contributed by atoms with van der Waals surface area (Å²) in [6.07, 6.45) is 2.59. The second kappa shape index (κ2) is 7.62. The van der Waals surface area contributed by atoms with Gasteiger partial charge in [-0.3, -0.25) is 4.79 Å². The summed E-state index contributed by atoms with van der Waals surface area (Å²) in [5, 5.41) is 0. The number of carbonyl (C=O) groups is 2. The molecule has 0 radical (unpaired) electrons. The molecule has 90 valence electrons. The molecular weight excluding hydrogens is 215 g/mol. The molecule has 0 aromatic heterocycles. The lowest BCUT2D eigenvalue weighted by Gasteiger charge is -2.06. The molecule has 0 saturated heterocycles. The van der Waals surface area contributed by atoms with Gasteiger partial charge in [-0.05, 0) is 18.9 Å². The van der Waals surface area contributed by atoms with Gasteiger partial charge in [0.25, 0.3) is 0 Å². The number of allylic oxidation sites excluding steroid dienone is 1.